The van der Waals surface area contributed by atoms with Crippen LogP contribution in [0, 0.1) is 11.8 Å². The molecule has 3 aromatic rings. The zero-order valence-corrected chi connectivity index (χ0v) is 20.2. The largest absolute Gasteiger partial charge is 0.491 e. The van der Waals surface area contributed by atoms with E-state index >= 15 is 0 Å². The molecule has 0 fully saturated rings. The van der Waals surface area contributed by atoms with Gasteiger partial charge in [-0.2, -0.15) is 0 Å². The molecule has 2 aliphatic heterocycles. The fourth-order valence-corrected chi connectivity index (χ4v) is 5.31. The zero-order chi connectivity index (χ0) is 23.1. The minimum atomic E-state index is -0.242. The predicted molar refractivity (Wildman–Crippen MR) is 135 cm³/mol. The van der Waals surface area contributed by atoms with Gasteiger partial charge in [-0.05, 0) is 43.7 Å². The van der Waals surface area contributed by atoms with E-state index in [-0.39, 0.29) is 12.2 Å². The van der Waals surface area contributed by atoms with Crippen molar-refractivity contribution in [1.29, 1.82) is 0 Å². The third kappa shape index (κ3) is 4.18. The fraction of sp³-hybridized carbons (Fsp3) is 0.417. The van der Waals surface area contributed by atoms with E-state index in [0.717, 1.165) is 57.4 Å². The minimum Gasteiger partial charge on any atom is -0.491 e. The lowest BCUT2D eigenvalue weighted by Gasteiger charge is -2.35. The van der Waals surface area contributed by atoms with Crippen molar-refractivity contribution in [3.63, 3.8) is 0 Å². The number of hydrogen-bond acceptors (Lipinski definition) is 9. The molecule has 0 bridgehead atoms. The molecule has 0 saturated heterocycles. The third-order valence-corrected chi connectivity index (χ3v) is 7.00. The Balaban J connectivity index is 1.49. The van der Waals surface area contributed by atoms with E-state index in [1.54, 1.807) is 0 Å². The summed E-state index contributed by atoms with van der Waals surface area (Å²) < 4.78 is 6.12. The van der Waals surface area contributed by atoms with Gasteiger partial charge in [0.25, 0.3) is 0 Å². The zero-order valence-electron chi connectivity index (χ0n) is 19.4. The molecule has 4 heterocycles. The summed E-state index contributed by atoms with van der Waals surface area (Å²) in [5.74, 6) is 2.60. The number of benzene rings is 1. The van der Waals surface area contributed by atoms with Crippen LogP contribution in [0.25, 0.3) is 21.5 Å². The highest BCUT2D eigenvalue weighted by Crippen LogP contribution is 2.33. The normalized spacial score (nSPS) is 20.8. The first kappa shape index (κ1) is 21.8. The van der Waals surface area contributed by atoms with Gasteiger partial charge in [0.2, 0.25) is 0 Å². The number of rotatable bonds is 3. The van der Waals surface area contributed by atoms with Crippen LogP contribution in [0.15, 0.2) is 40.4 Å². The summed E-state index contributed by atoms with van der Waals surface area (Å²) in [7, 11) is 1.90. The number of pyridine rings is 1. The van der Waals surface area contributed by atoms with E-state index in [4.69, 9.17) is 20.5 Å². The van der Waals surface area contributed by atoms with E-state index in [0.29, 0.717) is 17.7 Å². The van der Waals surface area contributed by atoms with E-state index in [1.807, 2.05) is 19.3 Å². The van der Waals surface area contributed by atoms with Gasteiger partial charge in [0.15, 0.2) is 11.4 Å². The Hall–Kier alpha value is -3.04. The van der Waals surface area contributed by atoms with Crippen LogP contribution in [-0.4, -0.2) is 52.9 Å². The fourth-order valence-electron chi connectivity index (χ4n) is 4.65. The highest BCUT2D eigenvalue weighted by molar-refractivity contribution is 7.21. The van der Waals surface area contributed by atoms with Gasteiger partial charge in [0.1, 0.15) is 28.5 Å². The molecule has 8 nitrogen and oxygen atoms in total. The van der Waals surface area contributed by atoms with E-state index < -0.39 is 0 Å². The first-order valence-electron chi connectivity index (χ1n) is 11.3. The topological polar surface area (TPSA) is 101 Å². The standard InChI is InChI=1S/C24H29N7OS/c1-13(2)20-14(3)28-24(26-4)30-21(20)31-7-8-32-19-6-5-15(9-17(19)12-31)16-10-18-22(27-11-16)33-23(25)29-18/h5-6,9-11,13,20,24,26H,7-8,12H2,1-4H3,(H2,25,29). The van der Waals surface area contributed by atoms with Gasteiger partial charge in [-0.15, -0.1) is 0 Å². The van der Waals surface area contributed by atoms with Crippen molar-refractivity contribution < 1.29 is 4.74 Å². The number of hydrogen-bond donors (Lipinski definition) is 2. The molecular formula is C24H29N7OS. The maximum atomic E-state index is 6.12. The average Bonchev–Trinajstić information content (AvgIpc) is 3.03. The maximum Gasteiger partial charge on any atom is 0.195 e. The van der Waals surface area contributed by atoms with Crippen molar-refractivity contribution in [3.8, 4) is 16.9 Å². The second kappa shape index (κ2) is 8.72. The Bertz CT molecular complexity index is 1250. The molecule has 2 aliphatic rings. The molecular weight excluding hydrogens is 434 g/mol. The smallest absolute Gasteiger partial charge is 0.195 e. The molecule has 1 aromatic carbocycles. The Kier molecular flexibility index (Phi) is 5.76. The lowest BCUT2D eigenvalue weighted by molar-refractivity contribution is 0.282. The molecule has 2 unspecified atom stereocenters. The third-order valence-electron chi connectivity index (χ3n) is 6.20. The molecule has 0 amide bonds. The molecule has 5 rings (SSSR count). The van der Waals surface area contributed by atoms with Crippen LogP contribution in [0.1, 0.15) is 26.3 Å². The molecule has 2 atom stereocenters. The van der Waals surface area contributed by atoms with Gasteiger partial charge in [0, 0.05) is 29.6 Å². The van der Waals surface area contributed by atoms with Gasteiger partial charge >= 0.3 is 0 Å². The van der Waals surface area contributed by atoms with Crippen LogP contribution in [0.2, 0.25) is 0 Å². The number of aromatic nitrogens is 2. The lowest BCUT2D eigenvalue weighted by Crippen LogP contribution is -2.46. The van der Waals surface area contributed by atoms with Gasteiger partial charge in [0.05, 0.1) is 12.5 Å². The van der Waals surface area contributed by atoms with Crippen molar-refractivity contribution >= 4 is 38.4 Å². The van der Waals surface area contributed by atoms with Gasteiger partial charge in [-0.3, -0.25) is 10.3 Å². The highest BCUT2D eigenvalue weighted by Gasteiger charge is 2.32. The number of nitrogen functional groups attached to an aromatic ring is 1. The first-order chi connectivity index (χ1) is 15.9. The molecule has 0 spiro atoms. The molecule has 2 aromatic heterocycles. The van der Waals surface area contributed by atoms with Crippen LogP contribution in [-0.2, 0) is 6.54 Å². The van der Waals surface area contributed by atoms with Crippen molar-refractivity contribution in [2.24, 2.45) is 21.8 Å². The van der Waals surface area contributed by atoms with Gasteiger partial charge in [-0.1, -0.05) is 31.3 Å². The number of fused-ring (bicyclic) bond motifs is 2. The quantitative estimate of drug-likeness (QED) is 0.613. The number of thiazole rings is 1. The summed E-state index contributed by atoms with van der Waals surface area (Å²) >= 11 is 1.40. The summed E-state index contributed by atoms with van der Waals surface area (Å²) in [5, 5.41) is 3.73. The number of nitrogens with two attached hydrogens (primary N) is 1. The molecule has 0 radical (unpaired) electrons. The minimum absolute atomic E-state index is 0.195. The number of nitrogens with one attached hydrogen (secondary N) is 1. The summed E-state index contributed by atoms with van der Waals surface area (Å²) in [5.41, 5.74) is 11.0. The monoisotopic (exact) mass is 463 g/mol. The van der Waals surface area contributed by atoms with Crippen LogP contribution in [0.4, 0.5) is 5.13 Å². The summed E-state index contributed by atoms with van der Waals surface area (Å²) in [6.45, 7) is 8.69. The number of amidine groups is 1. The van der Waals surface area contributed by atoms with Crippen molar-refractivity contribution in [2.45, 2.75) is 33.6 Å². The van der Waals surface area contributed by atoms with E-state index in [9.17, 15) is 0 Å². The second-order valence-electron chi connectivity index (χ2n) is 8.83. The summed E-state index contributed by atoms with van der Waals surface area (Å²) in [6.07, 6.45) is 1.64. The van der Waals surface area contributed by atoms with Crippen LogP contribution in [0.3, 0.4) is 0 Å². The molecule has 9 heteroatoms. The molecule has 0 aliphatic carbocycles. The van der Waals surface area contributed by atoms with Gasteiger partial charge < -0.3 is 15.4 Å². The highest BCUT2D eigenvalue weighted by atomic mass is 32.1. The molecule has 33 heavy (non-hydrogen) atoms. The Morgan fingerprint density at radius 2 is 2.06 bits per heavy atom. The van der Waals surface area contributed by atoms with Crippen LogP contribution < -0.4 is 15.8 Å². The summed E-state index contributed by atoms with van der Waals surface area (Å²) in [6, 6.07) is 8.37. The number of aliphatic imine (C=N–C) groups is 2. The average molecular weight is 464 g/mol. The maximum absolute atomic E-state index is 6.12. The second-order valence-corrected chi connectivity index (χ2v) is 9.84. The Morgan fingerprint density at radius 3 is 2.85 bits per heavy atom. The Morgan fingerprint density at radius 1 is 1.21 bits per heavy atom. The SMILES string of the molecule is CNC1N=C(C)C(C(C)C)C(N2CCOc3ccc(-c4cnc5sc(N)nc5c4)cc3C2)=N1. The van der Waals surface area contributed by atoms with E-state index in [1.165, 1.54) is 11.3 Å². The van der Waals surface area contributed by atoms with Crippen LogP contribution >= 0.6 is 11.3 Å². The molecule has 0 saturated carbocycles. The number of nitrogens with zero attached hydrogens (tertiary/aromatic N) is 5. The molecule has 172 valence electrons. The predicted octanol–water partition coefficient (Wildman–Crippen LogP) is 3.78. The number of anilines is 1. The van der Waals surface area contributed by atoms with Crippen molar-refractivity contribution in [1.82, 2.24) is 20.2 Å². The van der Waals surface area contributed by atoms with Crippen LogP contribution in [0.5, 0.6) is 5.75 Å². The lowest BCUT2D eigenvalue weighted by atomic mass is 9.88. The number of ether oxygens (including phenoxy) is 1. The van der Waals surface area contributed by atoms with Crippen molar-refractivity contribution in [3.05, 3.63) is 36.0 Å². The summed E-state index contributed by atoms with van der Waals surface area (Å²) in [4.78, 5) is 21.8. The Labute approximate surface area is 197 Å². The van der Waals surface area contributed by atoms with Crippen molar-refractivity contribution in [2.75, 3.05) is 25.9 Å². The first-order valence-corrected chi connectivity index (χ1v) is 12.1. The van der Waals surface area contributed by atoms with Gasteiger partial charge in [-0.25, -0.2) is 15.0 Å². The van der Waals surface area contributed by atoms with E-state index in [2.05, 4.69) is 59.2 Å². The molecule has 3 N–H and O–H groups in total.